The molecule has 1 fully saturated rings. The van der Waals surface area contributed by atoms with Gasteiger partial charge < -0.3 is 25.2 Å². The highest BCUT2D eigenvalue weighted by atomic mass is 16.5. The number of anilines is 2. The zero-order valence-corrected chi connectivity index (χ0v) is 29.3. The molecule has 0 aliphatic heterocycles. The van der Waals surface area contributed by atoms with Gasteiger partial charge in [-0.3, -0.25) is 14.4 Å². The monoisotopic (exact) mass is 662 g/mol. The largest absolute Gasteiger partial charge is 0.490 e. The molecular formula is C41H46N2O6. The molecule has 0 aromatic heterocycles. The van der Waals surface area contributed by atoms with Crippen LogP contribution in [0.4, 0.5) is 11.4 Å². The molecule has 0 saturated heterocycles. The third-order valence-electron chi connectivity index (χ3n) is 9.72. The van der Waals surface area contributed by atoms with Crippen molar-refractivity contribution >= 4 is 29.0 Å². The Bertz CT molecular complexity index is 1860. The second-order valence-corrected chi connectivity index (χ2v) is 13.4. The third-order valence-corrected chi connectivity index (χ3v) is 9.72. The van der Waals surface area contributed by atoms with Crippen LogP contribution in [0.25, 0.3) is 0 Å². The normalized spacial score (nSPS) is 20.4. The van der Waals surface area contributed by atoms with E-state index in [0.717, 1.165) is 33.4 Å². The first-order valence-electron chi connectivity index (χ1n) is 16.7. The molecule has 49 heavy (non-hydrogen) atoms. The van der Waals surface area contributed by atoms with E-state index in [1.807, 2.05) is 90.1 Å². The van der Waals surface area contributed by atoms with E-state index in [1.165, 1.54) is 6.92 Å². The summed E-state index contributed by atoms with van der Waals surface area (Å²) in [5.41, 5.74) is 5.80. The fourth-order valence-corrected chi connectivity index (χ4v) is 6.65. The van der Waals surface area contributed by atoms with Gasteiger partial charge in [0.05, 0.1) is 18.1 Å². The van der Waals surface area contributed by atoms with Gasteiger partial charge in [-0.05, 0) is 106 Å². The highest BCUT2D eigenvalue weighted by Crippen LogP contribution is 2.48. The van der Waals surface area contributed by atoms with Crippen molar-refractivity contribution in [1.82, 2.24) is 0 Å². The SMILES string of the molecule is CCOc1cc(C2C(C(=O)Nc3cccc(C)c3C)C(=O)CC(C)(O)C2C(=O)Nc2cccc(C)c2C)ccc1OCc1ccc(C)cc1. The Morgan fingerprint density at radius 3 is 1.98 bits per heavy atom. The molecule has 1 aliphatic carbocycles. The first-order valence-corrected chi connectivity index (χ1v) is 16.7. The second kappa shape index (κ2) is 14.7. The molecule has 256 valence electrons. The summed E-state index contributed by atoms with van der Waals surface area (Å²) in [5, 5.41) is 17.8. The number of rotatable bonds is 10. The van der Waals surface area contributed by atoms with Crippen molar-refractivity contribution in [3.05, 3.63) is 118 Å². The first-order chi connectivity index (χ1) is 23.3. The lowest BCUT2D eigenvalue weighted by atomic mass is 9.61. The highest BCUT2D eigenvalue weighted by molar-refractivity contribution is 6.10. The maximum atomic E-state index is 14.4. The van der Waals surface area contributed by atoms with Gasteiger partial charge >= 0.3 is 0 Å². The van der Waals surface area contributed by atoms with Gasteiger partial charge in [0.2, 0.25) is 11.8 Å². The van der Waals surface area contributed by atoms with Crippen LogP contribution < -0.4 is 20.1 Å². The summed E-state index contributed by atoms with van der Waals surface area (Å²) in [6.07, 6.45) is -0.366. The molecule has 2 amide bonds. The van der Waals surface area contributed by atoms with Crippen molar-refractivity contribution in [1.29, 1.82) is 0 Å². The molecule has 0 bridgehead atoms. The number of amides is 2. The molecule has 0 spiro atoms. The van der Waals surface area contributed by atoms with Crippen LogP contribution in [0.15, 0.2) is 78.9 Å². The fraction of sp³-hybridized carbons (Fsp3) is 0.341. The van der Waals surface area contributed by atoms with Crippen LogP contribution in [-0.2, 0) is 21.0 Å². The van der Waals surface area contributed by atoms with E-state index >= 15 is 0 Å². The number of carbonyl (C=O) groups is 3. The number of Topliss-reactive ketones (excluding diaryl/α,β-unsaturated/α-hetero) is 1. The predicted octanol–water partition coefficient (Wildman–Crippen LogP) is 7.52. The Hall–Kier alpha value is -4.95. The zero-order chi connectivity index (χ0) is 35.5. The lowest BCUT2D eigenvalue weighted by Gasteiger charge is -2.44. The van der Waals surface area contributed by atoms with Crippen LogP contribution in [0, 0.1) is 46.5 Å². The van der Waals surface area contributed by atoms with Gasteiger partial charge in [0, 0.05) is 23.7 Å². The Morgan fingerprint density at radius 1 is 0.796 bits per heavy atom. The van der Waals surface area contributed by atoms with Crippen LogP contribution in [0.5, 0.6) is 11.5 Å². The van der Waals surface area contributed by atoms with Gasteiger partial charge in [-0.15, -0.1) is 0 Å². The van der Waals surface area contributed by atoms with Gasteiger partial charge in [-0.25, -0.2) is 0 Å². The van der Waals surface area contributed by atoms with Gasteiger partial charge in [0.1, 0.15) is 18.3 Å². The molecule has 1 aliphatic rings. The number of carbonyl (C=O) groups excluding carboxylic acids is 3. The van der Waals surface area contributed by atoms with Crippen molar-refractivity contribution in [2.75, 3.05) is 17.2 Å². The van der Waals surface area contributed by atoms with Gasteiger partial charge in [-0.1, -0.05) is 60.2 Å². The van der Waals surface area contributed by atoms with Crippen LogP contribution in [-0.4, -0.2) is 34.9 Å². The highest BCUT2D eigenvalue weighted by Gasteiger charge is 2.56. The predicted molar refractivity (Wildman–Crippen MR) is 192 cm³/mol. The molecule has 0 heterocycles. The maximum absolute atomic E-state index is 14.4. The van der Waals surface area contributed by atoms with E-state index in [1.54, 1.807) is 30.3 Å². The minimum absolute atomic E-state index is 0.304. The van der Waals surface area contributed by atoms with Gasteiger partial charge in [0.25, 0.3) is 0 Å². The van der Waals surface area contributed by atoms with E-state index in [0.29, 0.717) is 41.7 Å². The maximum Gasteiger partial charge on any atom is 0.235 e. The molecule has 8 heteroatoms. The van der Waals surface area contributed by atoms with E-state index in [-0.39, 0.29) is 6.42 Å². The molecule has 5 rings (SSSR count). The molecule has 8 nitrogen and oxygen atoms in total. The average molecular weight is 663 g/mol. The van der Waals surface area contributed by atoms with Crippen LogP contribution in [0.3, 0.4) is 0 Å². The molecule has 4 atom stereocenters. The second-order valence-electron chi connectivity index (χ2n) is 13.4. The number of nitrogens with one attached hydrogen (secondary N) is 2. The summed E-state index contributed by atoms with van der Waals surface area (Å²) in [7, 11) is 0. The fourth-order valence-electron chi connectivity index (χ4n) is 6.65. The number of ether oxygens (including phenoxy) is 2. The minimum Gasteiger partial charge on any atom is -0.490 e. The lowest BCUT2D eigenvalue weighted by Crippen LogP contribution is -2.56. The Balaban J connectivity index is 1.59. The molecule has 0 radical (unpaired) electrons. The van der Waals surface area contributed by atoms with Crippen molar-refractivity contribution in [2.45, 2.75) is 73.0 Å². The molecule has 4 aromatic carbocycles. The number of aryl methyl sites for hydroxylation is 3. The summed E-state index contributed by atoms with van der Waals surface area (Å²) < 4.78 is 12.2. The van der Waals surface area contributed by atoms with Gasteiger partial charge in [-0.2, -0.15) is 0 Å². The van der Waals surface area contributed by atoms with Crippen LogP contribution in [0.1, 0.15) is 65.1 Å². The number of ketones is 1. The summed E-state index contributed by atoms with van der Waals surface area (Å²) in [4.78, 5) is 42.5. The molecule has 4 unspecified atom stereocenters. The lowest BCUT2D eigenvalue weighted by molar-refractivity contribution is -0.150. The molecular weight excluding hydrogens is 616 g/mol. The minimum atomic E-state index is -1.76. The summed E-state index contributed by atoms with van der Waals surface area (Å²) in [5.74, 6) is -4.07. The third kappa shape index (κ3) is 7.70. The van der Waals surface area contributed by atoms with E-state index in [2.05, 4.69) is 10.6 Å². The Morgan fingerprint density at radius 2 is 1.39 bits per heavy atom. The van der Waals surface area contributed by atoms with Crippen molar-refractivity contribution in [2.24, 2.45) is 11.8 Å². The van der Waals surface area contributed by atoms with Crippen LogP contribution >= 0.6 is 0 Å². The quantitative estimate of drug-likeness (QED) is 0.151. The molecule has 1 saturated carbocycles. The Labute approximate surface area is 288 Å². The van der Waals surface area contributed by atoms with Crippen molar-refractivity contribution in [3.8, 4) is 11.5 Å². The first kappa shape index (κ1) is 35.4. The number of aliphatic hydroxyl groups is 1. The number of hydrogen-bond acceptors (Lipinski definition) is 6. The summed E-state index contributed by atoms with van der Waals surface area (Å²) >= 11 is 0. The smallest absolute Gasteiger partial charge is 0.235 e. The van der Waals surface area contributed by atoms with Crippen molar-refractivity contribution < 1.29 is 29.0 Å². The van der Waals surface area contributed by atoms with E-state index in [9.17, 15) is 19.5 Å². The number of hydrogen-bond donors (Lipinski definition) is 3. The summed E-state index contributed by atoms with van der Waals surface area (Å²) in [6.45, 7) is 13.7. The number of benzene rings is 4. The Kier molecular flexibility index (Phi) is 10.6. The summed E-state index contributed by atoms with van der Waals surface area (Å²) in [6, 6.07) is 24.4. The standard InChI is InChI=1S/C41H46N2O6/c1-8-48-35-21-30(19-20-34(35)49-23-29-17-15-24(2)16-18-29)36-37(39(45)42-31-13-9-11-25(3)27(31)5)33(44)22-41(7,47)38(36)40(46)43-32-14-10-12-26(4)28(32)6/h9-21,36-38,47H,8,22-23H2,1-7H3,(H,42,45)(H,43,46). The van der Waals surface area contributed by atoms with Crippen molar-refractivity contribution in [3.63, 3.8) is 0 Å². The molecule has 4 aromatic rings. The zero-order valence-electron chi connectivity index (χ0n) is 29.3. The van der Waals surface area contributed by atoms with E-state index < -0.39 is 41.0 Å². The topological polar surface area (TPSA) is 114 Å². The van der Waals surface area contributed by atoms with Crippen LogP contribution in [0.2, 0.25) is 0 Å². The molecule has 3 N–H and O–H groups in total. The van der Waals surface area contributed by atoms with E-state index in [4.69, 9.17) is 9.47 Å². The average Bonchev–Trinajstić information content (AvgIpc) is 3.04. The van der Waals surface area contributed by atoms with Gasteiger partial charge in [0.15, 0.2) is 11.5 Å².